The second kappa shape index (κ2) is 5.91. The highest BCUT2D eigenvalue weighted by atomic mass is 32.1. The Balaban J connectivity index is 1.78. The first-order valence-electron chi connectivity index (χ1n) is 6.85. The summed E-state index contributed by atoms with van der Waals surface area (Å²) in [6, 6.07) is 4.17. The number of fused-ring (bicyclic) bond motifs is 1. The van der Waals surface area contributed by atoms with Crippen LogP contribution in [0.15, 0.2) is 17.5 Å². The summed E-state index contributed by atoms with van der Waals surface area (Å²) < 4.78 is 10.8. The van der Waals surface area contributed by atoms with E-state index in [9.17, 15) is 0 Å². The van der Waals surface area contributed by atoms with Crippen molar-refractivity contribution in [3.63, 3.8) is 0 Å². The standard InChI is InChI=1S/C15H19N3O2S/c1-19-13-5-10-3-4-18(7-11(10)6-14(13)20-2)8-12-9-21-15(16)17-12/h5-6,9H,3-4,7-8H2,1-2H3,(H2,16,17). The fraction of sp³-hybridized carbons (Fsp3) is 0.400. The quantitative estimate of drug-likeness (QED) is 0.939. The zero-order valence-electron chi connectivity index (χ0n) is 12.3. The minimum atomic E-state index is 0.633. The molecule has 0 bridgehead atoms. The molecule has 0 aliphatic carbocycles. The van der Waals surface area contributed by atoms with Crippen LogP contribution in [0, 0.1) is 0 Å². The fourth-order valence-electron chi connectivity index (χ4n) is 2.70. The van der Waals surface area contributed by atoms with Gasteiger partial charge in [-0.25, -0.2) is 4.98 Å². The van der Waals surface area contributed by atoms with E-state index in [1.807, 2.05) is 5.38 Å². The van der Waals surface area contributed by atoms with E-state index in [4.69, 9.17) is 15.2 Å². The van der Waals surface area contributed by atoms with E-state index in [0.717, 1.165) is 43.2 Å². The van der Waals surface area contributed by atoms with E-state index in [-0.39, 0.29) is 0 Å². The van der Waals surface area contributed by atoms with E-state index in [0.29, 0.717) is 5.13 Å². The Morgan fingerprint density at radius 2 is 1.95 bits per heavy atom. The summed E-state index contributed by atoms with van der Waals surface area (Å²) in [6.07, 6.45) is 1.01. The molecule has 2 heterocycles. The van der Waals surface area contributed by atoms with Crippen molar-refractivity contribution in [1.29, 1.82) is 0 Å². The van der Waals surface area contributed by atoms with Gasteiger partial charge in [0.1, 0.15) is 0 Å². The van der Waals surface area contributed by atoms with Crippen molar-refractivity contribution >= 4 is 16.5 Å². The number of methoxy groups -OCH3 is 2. The van der Waals surface area contributed by atoms with Gasteiger partial charge < -0.3 is 15.2 Å². The molecule has 2 aromatic rings. The van der Waals surface area contributed by atoms with Gasteiger partial charge in [-0.1, -0.05) is 0 Å². The van der Waals surface area contributed by atoms with Gasteiger partial charge in [0.25, 0.3) is 0 Å². The number of thiazole rings is 1. The number of anilines is 1. The summed E-state index contributed by atoms with van der Waals surface area (Å²) in [6.45, 7) is 2.74. The molecule has 0 atom stereocenters. The van der Waals surface area contributed by atoms with Crippen molar-refractivity contribution in [1.82, 2.24) is 9.88 Å². The molecule has 1 aromatic heterocycles. The zero-order valence-corrected chi connectivity index (χ0v) is 13.1. The van der Waals surface area contributed by atoms with Gasteiger partial charge in [0.2, 0.25) is 0 Å². The predicted octanol–water partition coefficient (Wildman–Crippen LogP) is 2.30. The maximum atomic E-state index is 5.69. The normalized spacial score (nSPS) is 14.8. The minimum Gasteiger partial charge on any atom is -0.493 e. The molecule has 0 spiro atoms. The predicted molar refractivity (Wildman–Crippen MR) is 83.9 cm³/mol. The highest BCUT2D eigenvalue weighted by Crippen LogP contribution is 2.33. The van der Waals surface area contributed by atoms with Crippen LogP contribution in [0.4, 0.5) is 5.13 Å². The average Bonchev–Trinajstić information content (AvgIpc) is 2.90. The van der Waals surface area contributed by atoms with Gasteiger partial charge >= 0.3 is 0 Å². The molecule has 0 amide bonds. The van der Waals surface area contributed by atoms with E-state index in [1.54, 1.807) is 14.2 Å². The van der Waals surface area contributed by atoms with E-state index in [1.165, 1.54) is 22.5 Å². The summed E-state index contributed by atoms with van der Waals surface area (Å²) in [7, 11) is 3.34. The van der Waals surface area contributed by atoms with Crippen LogP contribution < -0.4 is 15.2 Å². The molecular formula is C15H19N3O2S. The minimum absolute atomic E-state index is 0.633. The first-order chi connectivity index (χ1) is 10.2. The van der Waals surface area contributed by atoms with Crippen molar-refractivity contribution in [2.45, 2.75) is 19.5 Å². The van der Waals surface area contributed by atoms with Crippen molar-refractivity contribution in [3.05, 3.63) is 34.3 Å². The van der Waals surface area contributed by atoms with Crippen LogP contribution in [0.3, 0.4) is 0 Å². The second-order valence-corrected chi connectivity index (χ2v) is 6.00. The summed E-state index contributed by atoms with van der Waals surface area (Å²) in [5.41, 5.74) is 9.36. The molecule has 3 rings (SSSR count). The Morgan fingerprint density at radius 3 is 2.57 bits per heavy atom. The number of rotatable bonds is 4. The molecule has 21 heavy (non-hydrogen) atoms. The van der Waals surface area contributed by atoms with Crippen LogP contribution in [-0.2, 0) is 19.5 Å². The van der Waals surface area contributed by atoms with Crippen molar-refractivity contribution in [2.75, 3.05) is 26.5 Å². The molecule has 1 aliphatic rings. The summed E-state index contributed by atoms with van der Waals surface area (Å²) in [4.78, 5) is 6.71. The Hall–Kier alpha value is -1.79. The Kier molecular flexibility index (Phi) is 3.98. The van der Waals surface area contributed by atoms with E-state index in [2.05, 4.69) is 22.0 Å². The van der Waals surface area contributed by atoms with E-state index < -0.39 is 0 Å². The number of nitrogen functional groups attached to an aromatic ring is 1. The lowest BCUT2D eigenvalue weighted by Crippen LogP contribution is -2.30. The highest BCUT2D eigenvalue weighted by Gasteiger charge is 2.20. The van der Waals surface area contributed by atoms with Crippen molar-refractivity contribution in [2.24, 2.45) is 0 Å². The largest absolute Gasteiger partial charge is 0.493 e. The molecule has 0 radical (unpaired) electrons. The fourth-order valence-corrected chi connectivity index (χ4v) is 3.25. The Labute approximate surface area is 128 Å². The van der Waals surface area contributed by atoms with Crippen LogP contribution in [-0.4, -0.2) is 30.6 Å². The number of aromatic nitrogens is 1. The number of benzene rings is 1. The molecule has 0 saturated carbocycles. The summed E-state index contributed by atoms with van der Waals surface area (Å²) in [5.74, 6) is 1.59. The lowest BCUT2D eigenvalue weighted by atomic mass is 9.98. The average molecular weight is 305 g/mol. The molecule has 0 fully saturated rings. The molecule has 2 N–H and O–H groups in total. The van der Waals surface area contributed by atoms with Gasteiger partial charge in [-0.2, -0.15) is 0 Å². The molecule has 1 aliphatic heterocycles. The van der Waals surface area contributed by atoms with Gasteiger partial charge in [-0.05, 0) is 29.7 Å². The third kappa shape index (κ3) is 2.96. The van der Waals surface area contributed by atoms with Crippen LogP contribution in [0.25, 0.3) is 0 Å². The van der Waals surface area contributed by atoms with Crippen LogP contribution in [0.5, 0.6) is 11.5 Å². The highest BCUT2D eigenvalue weighted by molar-refractivity contribution is 7.13. The SMILES string of the molecule is COc1cc2c(cc1OC)CN(Cc1csc(N)n1)CC2. The molecule has 112 valence electrons. The Morgan fingerprint density at radius 1 is 1.24 bits per heavy atom. The van der Waals surface area contributed by atoms with Gasteiger partial charge in [0.15, 0.2) is 16.6 Å². The van der Waals surface area contributed by atoms with Gasteiger partial charge in [-0.3, -0.25) is 4.90 Å². The molecule has 0 unspecified atom stereocenters. The number of ether oxygens (including phenoxy) is 2. The number of nitrogens with two attached hydrogens (primary N) is 1. The number of hydrogen-bond donors (Lipinski definition) is 1. The Bertz CT molecular complexity index is 642. The van der Waals surface area contributed by atoms with Crippen LogP contribution >= 0.6 is 11.3 Å². The van der Waals surface area contributed by atoms with Crippen LogP contribution in [0.1, 0.15) is 16.8 Å². The lowest BCUT2D eigenvalue weighted by Gasteiger charge is -2.28. The third-order valence-electron chi connectivity index (χ3n) is 3.75. The second-order valence-electron chi connectivity index (χ2n) is 5.11. The smallest absolute Gasteiger partial charge is 0.180 e. The lowest BCUT2D eigenvalue weighted by molar-refractivity contribution is 0.242. The van der Waals surface area contributed by atoms with Crippen LogP contribution in [0.2, 0.25) is 0 Å². The summed E-state index contributed by atoms with van der Waals surface area (Å²) in [5, 5.41) is 2.66. The first-order valence-corrected chi connectivity index (χ1v) is 7.73. The van der Waals surface area contributed by atoms with Gasteiger partial charge in [0, 0.05) is 25.0 Å². The van der Waals surface area contributed by atoms with Crippen molar-refractivity contribution in [3.8, 4) is 11.5 Å². The third-order valence-corrected chi connectivity index (χ3v) is 4.47. The van der Waals surface area contributed by atoms with Gasteiger partial charge in [-0.15, -0.1) is 11.3 Å². The number of nitrogens with zero attached hydrogens (tertiary/aromatic N) is 2. The maximum Gasteiger partial charge on any atom is 0.180 e. The monoisotopic (exact) mass is 305 g/mol. The maximum absolute atomic E-state index is 5.69. The van der Waals surface area contributed by atoms with Crippen molar-refractivity contribution < 1.29 is 9.47 Å². The number of hydrogen-bond acceptors (Lipinski definition) is 6. The summed E-state index contributed by atoms with van der Waals surface area (Å²) >= 11 is 1.49. The molecule has 0 saturated heterocycles. The first kappa shape index (κ1) is 14.2. The van der Waals surface area contributed by atoms with Gasteiger partial charge in [0.05, 0.1) is 19.9 Å². The molecule has 5 nitrogen and oxygen atoms in total. The topological polar surface area (TPSA) is 60.6 Å². The molecule has 1 aromatic carbocycles. The molecular weight excluding hydrogens is 286 g/mol. The van der Waals surface area contributed by atoms with E-state index >= 15 is 0 Å². The zero-order chi connectivity index (χ0) is 14.8. The molecule has 6 heteroatoms.